The zero-order chi connectivity index (χ0) is 19.2. The second-order valence-electron chi connectivity index (χ2n) is 9.47. The lowest BCUT2D eigenvalue weighted by molar-refractivity contribution is 0.0338. The quantitative estimate of drug-likeness (QED) is 0.738. The fourth-order valence-corrected chi connectivity index (χ4v) is 3.77. The predicted molar refractivity (Wildman–Crippen MR) is 101 cm³/mol. The summed E-state index contributed by atoms with van der Waals surface area (Å²) in [6, 6.07) is 7.02. The lowest BCUT2D eigenvalue weighted by Gasteiger charge is -2.32. The summed E-state index contributed by atoms with van der Waals surface area (Å²) in [7, 11) is 0. The SMILES string of the molecule is CC(C)(C)OC(=O)N1CC(C)(C)C(C(C)(C)C)=C1c1ccc(O)cc1. The zero-order valence-corrected chi connectivity index (χ0v) is 16.7. The van der Waals surface area contributed by atoms with Gasteiger partial charge in [-0.25, -0.2) is 4.79 Å². The van der Waals surface area contributed by atoms with Crippen LogP contribution in [0.3, 0.4) is 0 Å². The molecule has 0 saturated heterocycles. The maximum Gasteiger partial charge on any atom is 0.414 e. The first-order valence-electron chi connectivity index (χ1n) is 8.77. The number of rotatable bonds is 1. The molecule has 0 fully saturated rings. The van der Waals surface area contributed by atoms with E-state index < -0.39 is 5.60 Å². The highest BCUT2D eigenvalue weighted by atomic mass is 16.6. The molecule has 1 aliphatic heterocycles. The molecular formula is C21H31NO3. The van der Waals surface area contributed by atoms with Crippen LogP contribution in [0.25, 0.3) is 5.70 Å². The summed E-state index contributed by atoms with van der Waals surface area (Å²) in [5, 5.41) is 9.63. The van der Waals surface area contributed by atoms with Gasteiger partial charge in [-0.05, 0) is 61.6 Å². The van der Waals surface area contributed by atoms with Crippen molar-refractivity contribution in [2.45, 2.75) is 61.0 Å². The second-order valence-corrected chi connectivity index (χ2v) is 9.47. The minimum Gasteiger partial charge on any atom is -0.508 e. The van der Waals surface area contributed by atoms with Crippen LogP contribution in [0.4, 0.5) is 4.79 Å². The van der Waals surface area contributed by atoms with Crippen LogP contribution in [0.5, 0.6) is 5.75 Å². The van der Waals surface area contributed by atoms with Crippen LogP contribution in [0.15, 0.2) is 29.8 Å². The lowest BCUT2D eigenvalue weighted by atomic mass is 9.71. The first-order valence-corrected chi connectivity index (χ1v) is 8.77. The van der Waals surface area contributed by atoms with Gasteiger partial charge in [0.25, 0.3) is 0 Å². The molecule has 0 unspecified atom stereocenters. The molecule has 0 bridgehead atoms. The van der Waals surface area contributed by atoms with Crippen LogP contribution >= 0.6 is 0 Å². The van der Waals surface area contributed by atoms with E-state index in [0.717, 1.165) is 11.3 Å². The molecule has 0 aromatic heterocycles. The number of hydrogen-bond acceptors (Lipinski definition) is 3. The third-order valence-corrected chi connectivity index (χ3v) is 4.24. The smallest absolute Gasteiger partial charge is 0.414 e. The predicted octanol–water partition coefficient (Wildman–Crippen LogP) is 5.43. The minimum absolute atomic E-state index is 0.104. The summed E-state index contributed by atoms with van der Waals surface area (Å²) in [4.78, 5) is 14.6. The number of phenolic OH excluding ortho intramolecular Hbond substituents is 1. The monoisotopic (exact) mass is 345 g/mol. The third-order valence-electron chi connectivity index (χ3n) is 4.24. The highest BCUT2D eigenvalue weighted by Crippen LogP contribution is 2.51. The molecule has 0 aliphatic carbocycles. The highest BCUT2D eigenvalue weighted by Gasteiger charge is 2.46. The molecule has 2 rings (SSSR count). The first-order chi connectivity index (χ1) is 11.2. The second kappa shape index (κ2) is 6.08. The molecule has 1 aromatic carbocycles. The van der Waals surface area contributed by atoms with Gasteiger partial charge in [0.2, 0.25) is 0 Å². The van der Waals surface area contributed by atoms with Crippen LogP contribution in [0, 0.1) is 10.8 Å². The number of hydrogen-bond donors (Lipinski definition) is 1. The summed E-state index contributed by atoms with van der Waals surface area (Å²) >= 11 is 0. The van der Waals surface area contributed by atoms with Crippen LogP contribution < -0.4 is 0 Å². The van der Waals surface area contributed by atoms with E-state index in [9.17, 15) is 9.90 Å². The molecule has 1 aliphatic rings. The molecule has 1 N–H and O–H groups in total. The van der Waals surface area contributed by atoms with Gasteiger partial charge in [0.1, 0.15) is 11.4 Å². The molecule has 1 aromatic rings. The summed E-state index contributed by atoms with van der Waals surface area (Å²) in [6.45, 7) is 17.0. The number of amides is 1. The Morgan fingerprint density at radius 1 is 1.08 bits per heavy atom. The number of ether oxygens (including phenoxy) is 1. The molecule has 0 atom stereocenters. The van der Waals surface area contributed by atoms with Crippen LogP contribution in [0.2, 0.25) is 0 Å². The van der Waals surface area contributed by atoms with E-state index in [4.69, 9.17) is 4.74 Å². The topological polar surface area (TPSA) is 49.8 Å². The lowest BCUT2D eigenvalue weighted by Crippen LogP contribution is -2.36. The van der Waals surface area contributed by atoms with Gasteiger partial charge < -0.3 is 9.84 Å². The van der Waals surface area contributed by atoms with Gasteiger partial charge in [0.05, 0.1) is 5.70 Å². The van der Waals surface area contributed by atoms with E-state index in [1.807, 2.05) is 32.9 Å². The van der Waals surface area contributed by atoms with Gasteiger partial charge in [0.15, 0.2) is 0 Å². The van der Waals surface area contributed by atoms with E-state index in [1.54, 1.807) is 17.0 Å². The van der Waals surface area contributed by atoms with Crippen molar-refractivity contribution in [2.75, 3.05) is 6.54 Å². The van der Waals surface area contributed by atoms with Crippen molar-refractivity contribution in [1.82, 2.24) is 4.90 Å². The molecule has 25 heavy (non-hydrogen) atoms. The van der Waals surface area contributed by atoms with E-state index >= 15 is 0 Å². The Balaban J connectivity index is 2.63. The van der Waals surface area contributed by atoms with E-state index in [-0.39, 0.29) is 22.7 Å². The van der Waals surface area contributed by atoms with E-state index in [2.05, 4.69) is 34.6 Å². The van der Waals surface area contributed by atoms with E-state index in [0.29, 0.717) is 6.54 Å². The Hall–Kier alpha value is -1.97. The number of aromatic hydroxyl groups is 1. The van der Waals surface area contributed by atoms with E-state index in [1.165, 1.54) is 5.57 Å². The average molecular weight is 345 g/mol. The van der Waals surface area contributed by atoms with Crippen molar-refractivity contribution in [3.05, 3.63) is 35.4 Å². The maximum absolute atomic E-state index is 12.9. The summed E-state index contributed by atoms with van der Waals surface area (Å²) < 4.78 is 5.65. The van der Waals surface area contributed by atoms with Crippen molar-refractivity contribution >= 4 is 11.8 Å². The van der Waals surface area contributed by atoms with Crippen LogP contribution in [-0.2, 0) is 4.74 Å². The number of benzene rings is 1. The number of carbonyl (C=O) groups excluding carboxylic acids is 1. The minimum atomic E-state index is -0.550. The van der Waals surface area contributed by atoms with Gasteiger partial charge in [-0.2, -0.15) is 0 Å². The van der Waals surface area contributed by atoms with Crippen LogP contribution in [-0.4, -0.2) is 28.2 Å². The highest BCUT2D eigenvalue weighted by molar-refractivity contribution is 5.86. The van der Waals surface area contributed by atoms with Gasteiger partial charge >= 0.3 is 6.09 Å². The number of nitrogens with zero attached hydrogens (tertiary/aromatic N) is 1. The Labute approximate surface area is 151 Å². The molecule has 0 radical (unpaired) electrons. The molecule has 0 spiro atoms. The summed E-state index contributed by atoms with van der Waals surface area (Å²) in [5.74, 6) is 0.211. The molecular weight excluding hydrogens is 314 g/mol. The average Bonchev–Trinajstić information content (AvgIpc) is 2.69. The molecule has 0 saturated carbocycles. The van der Waals surface area contributed by atoms with Crippen molar-refractivity contribution in [3.8, 4) is 5.75 Å². The molecule has 4 heteroatoms. The standard InChI is InChI=1S/C21H31NO3/c1-19(2,3)17-16(14-9-11-15(23)12-10-14)22(13-21(17,7)8)18(24)25-20(4,5)6/h9-12,23H,13H2,1-8H3. The van der Waals surface area contributed by atoms with Crippen molar-refractivity contribution in [3.63, 3.8) is 0 Å². The van der Waals surface area contributed by atoms with Crippen molar-refractivity contribution in [1.29, 1.82) is 0 Å². The number of carbonyl (C=O) groups is 1. The fourth-order valence-electron chi connectivity index (χ4n) is 3.77. The third kappa shape index (κ3) is 4.17. The fraction of sp³-hybridized carbons (Fsp3) is 0.571. The van der Waals surface area contributed by atoms with Crippen molar-refractivity contribution in [2.24, 2.45) is 10.8 Å². The summed E-state index contributed by atoms with van der Waals surface area (Å²) in [5.41, 5.74) is 2.21. The molecule has 4 nitrogen and oxygen atoms in total. The molecule has 138 valence electrons. The Bertz CT molecular complexity index is 685. The van der Waals surface area contributed by atoms with Gasteiger partial charge in [-0.1, -0.05) is 34.6 Å². The van der Waals surface area contributed by atoms with Gasteiger partial charge in [0, 0.05) is 12.0 Å². The molecule has 1 heterocycles. The van der Waals surface area contributed by atoms with Crippen molar-refractivity contribution < 1.29 is 14.6 Å². The van der Waals surface area contributed by atoms with Crippen LogP contribution in [0.1, 0.15) is 61.0 Å². The first kappa shape index (κ1) is 19.4. The molecule has 1 amide bonds. The summed E-state index contributed by atoms with van der Waals surface area (Å²) in [6.07, 6.45) is -0.331. The Morgan fingerprint density at radius 2 is 1.60 bits per heavy atom. The Morgan fingerprint density at radius 3 is 2.04 bits per heavy atom. The normalized spacial score (nSPS) is 17.8. The Kier molecular flexibility index (Phi) is 4.71. The van der Waals surface area contributed by atoms with Gasteiger partial charge in [-0.15, -0.1) is 0 Å². The number of phenols is 1. The largest absolute Gasteiger partial charge is 0.508 e. The zero-order valence-electron chi connectivity index (χ0n) is 16.7. The van der Waals surface area contributed by atoms with Gasteiger partial charge in [-0.3, -0.25) is 4.90 Å². The maximum atomic E-state index is 12.9.